The van der Waals surface area contributed by atoms with Crippen LogP contribution in [0.25, 0.3) is 22.5 Å². The number of nitrogens with zero attached hydrogens (tertiary/aromatic N) is 5. The van der Waals surface area contributed by atoms with Crippen LogP contribution in [0.1, 0.15) is 42.4 Å². The fourth-order valence-corrected chi connectivity index (χ4v) is 5.13. The monoisotopic (exact) mass is 572 g/mol. The van der Waals surface area contributed by atoms with Gasteiger partial charge >= 0.3 is 0 Å². The molecule has 5 rings (SSSR count). The number of oxazole rings is 1. The second-order valence-electron chi connectivity index (χ2n) is 10.4. The number of imidazole rings is 1. The van der Waals surface area contributed by atoms with Crippen molar-refractivity contribution in [2.75, 3.05) is 39.3 Å². The van der Waals surface area contributed by atoms with Gasteiger partial charge < -0.3 is 28.8 Å². The first-order valence-electron chi connectivity index (χ1n) is 14.3. The summed E-state index contributed by atoms with van der Waals surface area (Å²) >= 11 is 0. The van der Waals surface area contributed by atoms with Gasteiger partial charge in [0.05, 0.1) is 13.1 Å². The molecule has 42 heavy (non-hydrogen) atoms. The van der Waals surface area contributed by atoms with Crippen LogP contribution in [-0.2, 0) is 16.1 Å². The third-order valence-corrected chi connectivity index (χ3v) is 7.24. The highest BCUT2D eigenvalue weighted by molar-refractivity contribution is 5.97. The second kappa shape index (κ2) is 13.3. The van der Waals surface area contributed by atoms with E-state index in [-0.39, 0.29) is 24.3 Å². The Labute approximate surface area is 244 Å². The summed E-state index contributed by atoms with van der Waals surface area (Å²) in [7, 11) is 0. The lowest BCUT2D eigenvalue weighted by molar-refractivity contribution is -0.132. The summed E-state index contributed by atoms with van der Waals surface area (Å²) in [5, 5.41) is 2.59. The highest BCUT2D eigenvalue weighted by Crippen LogP contribution is 2.24. The van der Waals surface area contributed by atoms with Crippen LogP contribution in [0.15, 0.2) is 59.3 Å². The fraction of sp³-hybridized carbons (Fsp3) is 0.387. The number of aromatic nitrogens is 3. The molecule has 4 aromatic rings. The minimum absolute atomic E-state index is 0.0678. The van der Waals surface area contributed by atoms with E-state index in [9.17, 15) is 14.4 Å². The highest BCUT2D eigenvalue weighted by Gasteiger charge is 2.19. The van der Waals surface area contributed by atoms with Crippen molar-refractivity contribution < 1.29 is 23.5 Å². The quantitative estimate of drug-likeness (QED) is 0.397. The lowest BCUT2D eigenvalue weighted by Gasteiger charge is -2.25. The van der Waals surface area contributed by atoms with Crippen molar-refractivity contribution in [2.45, 2.75) is 39.7 Å². The lowest BCUT2D eigenvalue weighted by Crippen LogP contribution is -2.42. The molecule has 2 bridgehead atoms. The maximum Gasteiger partial charge on any atom is 0.253 e. The maximum absolute atomic E-state index is 13.7. The molecule has 0 fully saturated rings. The minimum Gasteiger partial charge on any atom is -0.492 e. The molecule has 0 radical (unpaired) electrons. The van der Waals surface area contributed by atoms with Crippen molar-refractivity contribution in [3.05, 3.63) is 66.3 Å². The summed E-state index contributed by atoms with van der Waals surface area (Å²) in [6, 6.07) is 13.1. The van der Waals surface area contributed by atoms with Gasteiger partial charge in [0.2, 0.25) is 11.8 Å². The zero-order chi connectivity index (χ0) is 29.5. The number of ether oxygens (including phenoxy) is 1. The SMILES string of the molecule is CC(=O)NCC(=O)N1CCCCN(C(=O)c2ccc3nc(C)oc3c2)CCCn2ccnc2-c2cccc(c2)OCC1. The van der Waals surface area contributed by atoms with Gasteiger partial charge in [0.15, 0.2) is 11.5 Å². The summed E-state index contributed by atoms with van der Waals surface area (Å²) in [5.74, 6) is 1.56. The van der Waals surface area contributed by atoms with Crippen molar-refractivity contribution >= 4 is 28.8 Å². The van der Waals surface area contributed by atoms with Gasteiger partial charge in [-0.05, 0) is 49.6 Å². The van der Waals surface area contributed by atoms with Crippen LogP contribution in [0.3, 0.4) is 0 Å². The first kappa shape index (κ1) is 28.8. The fourth-order valence-electron chi connectivity index (χ4n) is 5.13. The largest absolute Gasteiger partial charge is 0.492 e. The lowest BCUT2D eigenvalue weighted by atomic mass is 10.1. The normalized spacial score (nSPS) is 15.0. The third kappa shape index (κ3) is 7.15. The predicted molar refractivity (Wildman–Crippen MR) is 157 cm³/mol. The second-order valence-corrected chi connectivity index (χ2v) is 10.4. The van der Waals surface area contributed by atoms with Gasteiger partial charge in [-0.15, -0.1) is 0 Å². The molecule has 0 saturated heterocycles. The van der Waals surface area contributed by atoms with E-state index >= 15 is 0 Å². The Kier molecular flexibility index (Phi) is 9.15. The van der Waals surface area contributed by atoms with Crippen molar-refractivity contribution in [1.82, 2.24) is 29.7 Å². The number of fused-ring (bicyclic) bond motifs is 5. The zero-order valence-corrected chi connectivity index (χ0v) is 24.0. The molecule has 1 N–H and O–H groups in total. The molecule has 0 aliphatic carbocycles. The number of carbonyl (C=O) groups is 3. The van der Waals surface area contributed by atoms with E-state index in [4.69, 9.17) is 9.15 Å². The Morgan fingerprint density at radius 3 is 2.60 bits per heavy atom. The van der Waals surface area contributed by atoms with Crippen LogP contribution in [-0.4, -0.2) is 81.4 Å². The number of nitrogens with one attached hydrogen (secondary N) is 1. The molecule has 0 atom stereocenters. The molecule has 3 heterocycles. The number of hydrogen-bond donors (Lipinski definition) is 1. The summed E-state index contributed by atoms with van der Waals surface area (Å²) in [4.78, 5) is 50.5. The molecule has 0 spiro atoms. The van der Waals surface area contributed by atoms with Crippen LogP contribution >= 0.6 is 0 Å². The van der Waals surface area contributed by atoms with Gasteiger partial charge in [-0.3, -0.25) is 14.4 Å². The first-order valence-corrected chi connectivity index (χ1v) is 14.3. The van der Waals surface area contributed by atoms with E-state index < -0.39 is 0 Å². The summed E-state index contributed by atoms with van der Waals surface area (Å²) in [5.41, 5.74) is 2.78. The summed E-state index contributed by atoms with van der Waals surface area (Å²) in [6.45, 7) is 6.05. The maximum atomic E-state index is 13.7. The van der Waals surface area contributed by atoms with E-state index in [0.717, 1.165) is 23.3 Å². The van der Waals surface area contributed by atoms with Gasteiger partial charge in [0, 0.05) is 63.5 Å². The zero-order valence-electron chi connectivity index (χ0n) is 24.0. The number of carbonyl (C=O) groups excluding carboxylic acids is 3. The Morgan fingerprint density at radius 2 is 1.76 bits per heavy atom. The van der Waals surface area contributed by atoms with Crippen LogP contribution in [0.4, 0.5) is 0 Å². The smallest absolute Gasteiger partial charge is 0.253 e. The molecule has 1 aliphatic heterocycles. The Balaban J connectivity index is 1.37. The van der Waals surface area contributed by atoms with Gasteiger partial charge in [-0.1, -0.05) is 12.1 Å². The van der Waals surface area contributed by atoms with Gasteiger partial charge in [-0.2, -0.15) is 0 Å². The Hall–Kier alpha value is -4.67. The standard InChI is InChI=1S/C31H36N6O5/c1-22(38)33-21-29(39)35-12-3-4-13-37(31(40)25-9-10-27-28(20-25)42-23(2)34-27)15-6-14-36-16-11-32-30(36)24-7-5-8-26(19-24)41-18-17-35/h5,7-11,16,19-20H,3-4,6,12-15,17-18,21H2,1-2H3,(H,33,38). The summed E-state index contributed by atoms with van der Waals surface area (Å²) in [6.07, 6.45) is 5.85. The van der Waals surface area contributed by atoms with Crippen molar-refractivity contribution in [1.29, 1.82) is 0 Å². The average molecular weight is 573 g/mol. The molecule has 11 nitrogen and oxygen atoms in total. The first-order chi connectivity index (χ1) is 20.4. The van der Waals surface area contributed by atoms with Gasteiger partial charge in [-0.25, -0.2) is 9.97 Å². The molecule has 2 aromatic carbocycles. The van der Waals surface area contributed by atoms with Crippen LogP contribution in [0, 0.1) is 6.92 Å². The molecule has 220 valence electrons. The van der Waals surface area contributed by atoms with Gasteiger partial charge in [0.1, 0.15) is 23.7 Å². The molecule has 0 saturated carbocycles. The Bertz CT molecular complexity index is 1560. The van der Waals surface area contributed by atoms with Gasteiger partial charge in [0.25, 0.3) is 5.91 Å². The molecular weight excluding hydrogens is 536 g/mol. The number of rotatable bonds is 3. The van der Waals surface area contributed by atoms with Crippen molar-refractivity contribution in [3.8, 4) is 17.1 Å². The number of benzene rings is 2. The van der Waals surface area contributed by atoms with E-state index in [0.29, 0.717) is 75.0 Å². The topological polar surface area (TPSA) is 123 Å². The molecule has 11 heteroatoms. The van der Waals surface area contributed by atoms with Crippen LogP contribution in [0.5, 0.6) is 5.75 Å². The van der Waals surface area contributed by atoms with E-state index in [2.05, 4.69) is 19.9 Å². The molecular formula is C31H36N6O5. The third-order valence-electron chi connectivity index (χ3n) is 7.24. The van der Waals surface area contributed by atoms with E-state index in [1.54, 1.807) is 30.2 Å². The molecule has 2 aromatic heterocycles. The average Bonchev–Trinajstić information content (AvgIpc) is 3.60. The Morgan fingerprint density at radius 1 is 0.952 bits per heavy atom. The van der Waals surface area contributed by atoms with Crippen molar-refractivity contribution in [2.24, 2.45) is 0 Å². The molecule has 1 aliphatic rings. The summed E-state index contributed by atoms with van der Waals surface area (Å²) < 4.78 is 13.8. The molecule has 0 unspecified atom stereocenters. The number of amides is 3. The van der Waals surface area contributed by atoms with Crippen LogP contribution in [0.2, 0.25) is 0 Å². The highest BCUT2D eigenvalue weighted by atomic mass is 16.5. The van der Waals surface area contributed by atoms with Crippen LogP contribution < -0.4 is 10.1 Å². The van der Waals surface area contributed by atoms with E-state index in [1.807, 2.05) is 41.4 Å². The molecule has 3 amide bonds. The van der Waals surface area contributed by atoms with Crippen molar-refractivity contribution in [3.63, 3.8) is 0 Å². The number of aryl methyl sites for hydroxylation is 2. The predicted octanol–water partition coefficient (Wildman–Crippen LogP) is 3.67. The minimum atomic E-state index is -0.256. The van der Waals surface area contributed by atoms with E-state index in [1.165, 1.54) is 6.92 Å². The number of hydrogen-bond acceptors (Lipinski definition) is 7.